The molecule has 0 unspecified atom stereocenters. The van der Waals surface area contributed by atoms with Crippen LogP contribution in [0, 0.1) is 11.6 Å². The van der Waals surface area contributed by atoms with Crippen molar-refractivity contribution in [1.82, 2.24) is 15.1 Å². The van der Waals surface area contributed by atoms with Gasteiger partial charge in [0.1, 0.15) is 28.9 Å². The Labute approximate surface area is 232 Å². The van der Waals surface area contributed by atoms with Gasteiger partial charge in [-0.2, -0.15) is 9.59 Å². The summed E-state index contributed by atoms with van der Waals surface area (Å²) in [6.45, 7) is 13.2. The van der Waals surface area contributed by atoms with Crippen LogP contribution in [0.4, 0.5) is 23.2 Å². The number of benzene rings is 1. The second-order valence-corrected chi connectivity index (χ2v) is 11.5. The first-order chi connectivity index (χ1) is 18.5. The maximum absolute atomic E-state index is 13.4. The van der Waals surface area contributed by atoms with Gasteiger partial charge in [0.15, 0.2) is 0 Å². The van der Waals surface area contributed by atoms with Gasteiger partial charge in [0.2, 0.25) is 0 Å². The molecule has 11 nitrogen and oxygen atoms in total. The third-order valence-corrected chi connectivity index (χ3v) is 5.90. The number of hydrogen-bond donors (Lipinski definition) is 1. The lowest BCUT2D eigenvalue weighted by molar-refractivity contribution is -0.191. The first-order valence-electron chi connectivity index (χ1n) is 12.9. The van der Waals surface area contributed by atoms with Crippen molar-refractivity contribution < 1.29 is 47.0 Å². The number of hydrogen-bond acceptors (Lipinski definition) is 8. The van der Waals surface area contributed by atoms with Crippen LogP contribution in [0.15, 0.2) is 18.2 Å². The molecule has 0 saturated carbocycles. The van der Waals surface area contributed by atoms with Crippen molar-refractivity contribution >= 4 is 24.4 Å². The van der Waals surface area contributed by atoms with Crippen molar-refractivity contribution in [1.29, 1.82) is 0 Å². The lowest BCUT2D eigenvalue weighted by atomic mass is 9.90. The van der Waals surface area contributed by atoms with Crippen molar-refractivity contribution in [2.75, 3.05) is 19.6 Å². The third-order valence-electron chi connectivity index (χ3n) is 5.90. The summed E-state index contributed by atoms with van der Waals surface area (Å²) >= 11 is 0. The number of halogens is 2. The molecule has 3 heterocycles. The Morgan fingerprint density at radius 3 is 1.93 bits per heavy atom. The van der Waals surface area contributed by atoms with Crippen molar-refractivity contribution in [3.8, 4) is 0 Å². The second kappa shape index (κ2) is 13.6. The SMILES string of the molecule is CC(C)(C)OC(=O)N1CCC1.CC(C)(C)OC(=O)N1CC[C@@H]1[C@H]1OC(=O)N[C@H]1Cc1cc(F)cc(F)c1.O=C=O. The van der Waals surface area contributed by atoms with Crippen molar-refractivity contribution in [3.63, 3.8) is 0 Å². The van der Waals surface area contributed by atoms with Gasteiger partial charge in [-0.3, -0.25) is 0 Å². The fourth-order valence-electron chi connectivity index (χ4n) is 4.09. The minimum Gasteiger partial charge on any atom is -0.444 e. The predicted molar refractivity (Wildman–Crippen MR) is 136 cm³/mol. The molecule has 3 fully saturated rings. The third kappa shape index (κ3) is 10.1. The minimum absolute atomic E-state index is 0.177. The number of amides is 3. The smallest absolute Gasteiger partial charge is 0.410 e. The van der Waals surface area contributed by atoms with Gasteiger partial charge in [0.25, 0.3) is 0 Å². The van der Waals surface area contributed by atoms with Crippen molar-refractivity contribution in [2.24, 2.45) is 0 Å². The van der Waals surface area contributed by atoms with Crippen LogP contribution in [0.3, 0.4) is 0 Å². The molecule has 13 heteroatoms. The van der Waals surface area contributed by atoms with Gasteiger partial charge in [-0.25, -0.2) is 23.2 Å². The summed E-state index contributed by atoms with van der Waals surface area (Å²) in [7, 11) is 0. The van der Waals surface area contributed by atoms with E-state index in [9.17, 15) is 23.2 Å². The fourth-order valence-corrected chi connectivity index (χ4v) is 4.09. The Morgan fingerprint density at radius 2 is 1.50 bits per heavy atom. The Kier molecular flexibility index (Phi) is 11.0. The van der Waals surface area contributed by atoms with Crippen LogP contribution in [0.25, 0.3) is 0 Å². The van der Waals surface area contributed by atoms with Crippen LogP contribution < -0.4 is 5.32 Å². The molecule has 4 rings (SSSR count). The van der Waals surface area contributed by atoms with E-state index >= 15 is 0 Å². The van der Waals surface area contributed by atoms with Gasteiger partial charge < -0.3 is 29.3 Å². The van der Waals surface area contributed by atoms with Crippen LogP contribution in [0.2, 0.25) is 0 Å². The second-order valence-electron chi connectivity index (χ2n) is 11.5. The zero-order valence-corrected chi connectivity index (χ0v) is 23.6. The normalized spacial score (nSPS) is 21.5. The number of nitrogens with zero attached hydrogens (tertiary/aromatic N) is 2. The van der Waals surface area contributed by atoms with Gasteiger partial charge in [-0.1, -0.05) is 0 Å². The van der Waals surface area contributed by atoms with Gasteiger partial charge in [-0.05, 0) is 78.5 Å². The average Bonchev–Trinajstić information content (AvgIpc) is 3.02. The Morgan fingerprint density at radius 1 is 0.975 bits per heavy atom. The van der Waals surface area contributed by atoms with Gasteiger partial charge >= 0.3 is 24.4 Å². The fraction of sp³-hybridized carbons (Fsp3) is 0.630. The highest BCUT2D eigenvalue weighted by molar-refractivity contribution is 5.72. The topological polar surface area (TPSA) is 132 Å². The molecule has 1 aromatic rings. The lowest BCUT2D eigenvalue weighted by Gasteiger charge is -2.44. The van der Waals surface area contributed by atoms with E-state index in [1.165, 1.54) is 17.0 Å². The van der Waals surface area contributed by atoms with Crippen LogP contribution in [-0.2, 0) is 30.2 Å². The molecule has 0 radical (unpaired) electrons. The molecule has 3 aliphatic rings. The number of ether oxygens (including phenoxy) is 3. The number of alkyl carbamates (subject to hydrolysis) is 1. The molecule has 3 atom stereocenters. The number of rotatable bonds is 3. The molecule has 1 N–H and O–H groups in total. The number of cyclic esters (lactones) is 1. The first kappa shape index (κ1) is 32.5. The van der Waals surface area contributed by atoms with E-state index in [4.69, 9.17) is 23.8 Å². The maximum Gasteiger partial charge on any atom is 0.410 e. The molecule has 3 amide bonds. The summed E-state index contributed by atoms with van der Waals surface area (Å²) in [6, 6.07) is 2.42. The molecule has 40 heavy (non-hydrogen) atoms. The number of nitrogens with one attached hydrogen (secondary N) is 1. The van der Waals surface area contributed by atoms with Crippen molar-refractivity contribution in [3.05, 3.63) is 35.4 Å². The average molecular weight is 570 g/mol. The first-order valence-corrected chi connectivity index (χ1v) is 12.9. The van der Waals surface area contributed by atoms with E-state index in [0.717, 1.165) is 25.6 Å². The summed E-state index contributed by atoms with van der Waals surface area (Å²) in [5, 5.41) is 2.66. The van der Waals surface area contributed by atoms with Crippen LogP contribution in [0.5, 0.6) is 0 Å². The summed E-state index contributed by atoms with van der Waals surface area (Å²) in [6.07, 6.45) is 0.370. The highest BCUT2D eigenvalue weighted by Crippen LogP contribution is 2.30. The van der Waals surface area contributed by atoms with Crippen LogP contribution in [0.1, 0.15) is 59.9 Å². The molecule has 0 spiro atoms. The predicted octanol–water partition coefficient (Wildman–Crippen LogP) is 4.04. The lowest BCUT2D eigenvalue weighted by Crippen LogP contribution is -2.60. The standard InChI is InChI=1S/C18H22F2N2O4.C8H15NO2.CO2/c1-18(2,3)26-17(24)22-5-4-14(22)15-13(21-16(23)25-15)8-10-6-11(19)9-12(20)7-10;1-8(2,3)11-7(10)9-5-4-6-9;2-1-3/h6-7,9,13-15H,4-5,8H2,1-3H3,(H,21,23);4-6H2,1-3H3;/t13-,14+,15-;;/m0../s1. The van der Waals surface area contributed by atoms with Gasteiger partial charge in [0, 0.05) is 25.7 Å². The van der Waals surface area contributed by atoms with E-state index in [0.29, 0.717) is 18.5 Å². The Bertz CT molecular complexity index is 1070. The molecule has 0 aromatic heterocycles. The maximum atomic E-state index is 13.4. The van der Waals surface area contributed by atoms with Gasteiger partial charge in [-0.15, -0.1) is 0 Å². The van der Waals surface area contributed by atoms with Crippen molar-refractivity contribution in [2.45, 2.75) is 90.2 Å². The highest BCUT2D eigenvalue weighted by Gasteiger charge is 2.48. The molecule has 3 saturated heterocycles. The number of carbonyl (C=O) groups is 3. The minimum atomic E-state index is -0.680. The zero-order valence-electron chi connectivity index (χ0n) is 23.6. The van der Waals surface area contributed by atoms with Crippen LogP contribution >= 0.6 is 0 Å². The van der Waals surface area contributed by atoms with E-state index in [-0.39, 0.29) is 30.3 Å². The number of likely N-dealkylation sites (tertiary alicyclic amines) is 2. The molecule has 0 aliphatic carbocycles. The van der Waals surface area contributed by atoms with E-state index in [1.54, 1.807) is 25.7 Å². The zero-order chi connectivity index (χ0) is 30.3. The number of carbonyl (C=O) groups excluding carboxylic acids is 5. The summed E-state index contributed by atoms with van der Waals surface area (Å²) in [4.78, 5) is 54.6. The van der Waals surface area contributed by atoms with Crippen LogP contribution in [-0.4, -0.2) is 83.3 Å². The molecule has 3 aliphatic heterocycles. The van der Waals surface area contributed by atoms with E-state index in [1.807, 2.05) is 20.8 Å². The molecule has 222 valence electrons. The van der Waals surface area contributed by atoms with Gasteiger partial charge in [0.05, 0.1) is 12.1 Å². The molecule has 1 aromatic carbocycles. The largest absolute Gasteiger partial charge is 0.444 e. The molecular weight excluding hydrogens is 532 g/mol. The van der Waals surface area contributed by atoms with E-state index < -0.39 is 41.6 Å². The Hall–Kier alpha value is -3.73. The Balaban J connectivity index is 0.000000333. The van der Waals surface area contributed by atoms with E-state index in [2.05, 4.69) is 5.32 Å². The quantitative estimate of drug-likeness (QED) is 0.540. The molecular formula is C27H37F2N3O8. The molecule has 0 bridgehead atoms. The monoisotopic (exact) mass is 569 g/mol. The summed E-state index contributed by atoms with van der Waals surface area (Å²) in [5.41, 5.74) is -0.570. The summed E-state index contributed by atoms with van der Waals surface area (Å²) in [5.74, 6) is -1.36. The summed E-state index contributed by atoms with van der Waals surface area (Å²) < 4.78 is 42.7. The highest BCUT2D eigenvalue weighted by atomic mass is 19.1.